The molecule has 0 aliphatic rings. The quantitative estimate of drug-likeness (QED) is 0.268. The maximum Gasteiger partial charge on any atom is 0.271 e. The van der Waals surface area contributed by atoms with Crippen LogP contribution >= 0.6 is 24.0 Å². The van der Waals surface area contributed by atoms with Crippen LogP contribution in [-0.2, 0) is 6.54 Å². The Kier molecular flexibility index (Phi) is 9.51. The Hall–Kier alpha value is -2.28. The van der Waals surface area contributed by atoms with Crippen LogP contribution in [0.25, 0.3) is 0 Å². The number of nitro groups is 1. The number of nitro benzene ring substituents is 1. The normalized spacial score (nSPS) is 9.88. The number of hydrogen-bond acceptors (Lipinski definition) is 5. The average Bonchev–Trinajstić information content (AvgIpc) is 2.61. The minimum absolute atomic E-state index is 0. The van der Waals surface area contributed by atoms with Crippen molar-refractivity contribution in [2.75, 3.05) is 25.0 Å². The van der Waals surface area contributed by atoms with Crippen molar-refractivity contribution in [3.63, 3.8) is 0 Å². The maximum absolute atomic E-state index is 10.7. The highest BCUT2D eigenvalue weighted by Gasteiger charge is 2.08. The Balaban J connectivity index is 0.00000338. The molecule has 0 atom stereocenters. The molecular weight excluding hydrogens is 377 g/mol. The molecule has 8 heteroatoms. The average molecular weight is 398 g/mol. The lowest BCUT2D eigenvalue weighted by Crippen LogP contribution is -2.21. The molecule has 0 saturated carbocycles. The van der Waals surface area contributed by atoms with Crippen LogP contribution in [0.3, 0.4) is 0 Å². The second-order valence-corrected chi connectivity index (χ2v) is 5.68. The fraction of sp³-hybridized carbons (Fsp3) is 0.222. The van der Waals surface area contributed by atoms with Crippen LogP contribution in [-0.4, -0.2) is 24.6 Å². The highest BCUT2D eigenvalue weighted by atomic mass is 35.5. The SMILES string of the molecule is C=CCOc1ccc(CNCCNc2ccc([N+](=O)[O-])cc2Cl)cc1.Cl. The third-order valence-corrected chi connectivity index (χ3v) is 3.71. The van der Waals surface area contributed by atoms with Gasteiger partial charge in [0.2, 0.25) is 0 Å². The minimum atomic E-state index is -0.467. The molecule has 6 nitrogen and oxygen atoms in total. The van der Waals surface area contributed by atoms with Gasteiger partial charge in [0.1, 0.15) is 12.4 Å². The van der Waals surface area contributed by atoms with Crippen molar-refractivity contribution in [3.05, 3.63) is 75.8 Å². The van der Waals surface area contributed by atoms with E-state index in [1.54, 1.807) is 12.1 Å². The lowest BCUT2D eigenvalue weighted by atomic mass is 10.2. The molecule has 2 N–H and O–H groups in total. The van der Waals surface area contributed by atoms with E-state index in [4.69, 9.17) is 16.3 Å². The fourth-order valence-corrected chi connectivity index (χ4v) is 2.38. The summed E-state index contributed by atoms with van der Waals surface area (Å²) in [5, 5.41) is 17.5. The molecular formula is C18H21Cl2N3O3. The summed E-state index contributed by atoms with van der Waals surface area (Å²) < 4.78 is 5.43. The summed E-state index contributed by atoms with van der Waals surface area (Å²) in [5.41, 5.74) is 1.81. The summed E-state index contributed by atoms with van der Waals surface area (Å²) in [4.78, 5) is 10.2. The number of halogens is 2. The number of anilines is 1. The van der Waals surface area contributed by atoms with Gasteiger partial charge >= 0.3 is 0 Å². The number of nitrogens with one attached hydrogen (secondary N) is 2. The number of nitrogens with zero attached hydrogens (tertiary/aromatic N) is 1. The third-order valence-electron chi connectivity index (χ3n) is 3.40. The van der Waals surface area contributed by atoms with Crippen molar-refractivity contribution in [1.82, 2.24) is 5.32 Å². The molecule has 26 heavy (non-hydrogen) atoms. The fourth-order valence-electron chi connectivity index (χ4n) is 2.14. The van der Waals surface area contributed by atoms with Gasteiger partial charge in [0.15, 0.2) is 0 Å². The van der Waals surface area contributed by atoms with Gasteiger partial charge in [0.25, 0.3) is 5.69 Å². The summed E-state index contributed by atoms with van der Waals surface area (Å²) in [6, 6.07) is 12.2. The van der Waals surface area contributed by atoms with Gasteiger partial charge in [0.05, 0.1) is 15.6 Å². The van der Waals surface area contributed by atoms with E-state index in [0.717, 1.165) is 24.4 Å². The number of ether oxygens (including phenoxy) is 1. The molecule has 0 spiro atoms. The van der Waals surface area contributed by atoms with Gasteiger partial charge in [-0.05, 0) is 23.8 Å². The first-order valence-electron chi connectivity index (χ1n) is 7.81. The molecule has 0 aliphatic heterocycles. The number of hydrogen-bond donors (Lipinski definition) is 2. The summed E-state index contributed by atoms with van der Waals surface area (Å²) >= 11 is 6.03. The van der Waals surface area contributed by atoms with Crippen molar-refractivity contribution in [3.8, 4) is 5.75 Å². The Morgan fingerprint density at radius 3 is 2.54 bits per heavy atom. The van der Waals surface area contributed by atoms with Gasteiger partial charge in [-0.1, -0.05) is 36.4 Å². The van der Waals surface area contributed by atoms with Crippen LogP contribution in [0.1, 0.15) is 5.56 Å². The monoisotopic (exact) mass is 397 g/mol. The summed E-state index contributed by atoms with van der Waals surface area (Å²) in [6.07, 6.45) is 1.71. The lowest BCUT2D eigenvalue weighted by Gasteiger charge is -2.10. The Morgan fingerprint density at radius 2 is 1.92 bits per heavy atom. The van der Waals surface area contributed by atoms with Gasteiger partial charge in [-0.2, -0.15) is 0 Å². The predicted octanol–water partition coefficient (Wildman–Crippen LogP) is 4.44. The molecule has 0 bridgehead atoms. The lowest BCUT2D eigenvalue weighted by molar-refractivity contribution is -0.384. The molecule has 0 aliphatic carbocycles. The Bertz CT molecular complexity index is 724. The molecule has 2 aromatic carbocycles. The van der Waals surface area contributed by atoms with E-state index < -0.39 is 4.92 Å². The first kappa shape index (κ1) is 21.8. The number of rotatable bonds is 10. The topological polar surface area (TPSA) is 76.4 Å². The van der Waals surface area contributed by atoms with E-state index in [2.05, 4.69) is 17.2 Å². The van der Waals surface area contributed by atoms with Crippen molar-refractivity contribution in [1.29, 1.82) is 0 Å². The highest BCUT2D eigenvalue weighted by molar-refractivity contribution is 6.33. The van der Waals surface area contributed by atoms with Crippen molar-refractivity contribution >= 4 is 35.4 Å². The third kappa shape index (κ3) is 6.92. The second kappa shape index (κ2) is 11.4. The standard InChI is InChI=1S/C18H20ClN3O3.ClH/c1-2-11-25-16-6-3-14(4-7-16)13-20-9-10-21-18-8-5-15(22(23)24)12-17(18)19;/h2-8,12,20-21H,1,9-11,13H2;1H. The van der Waals surface area contributed by atoms with Gasteiger partial charge in [-0.3, -0.25) is 10.1 Å². The maximum atomic E-state index is 10.7. The zero-order valence-corrected chi connectivity index (χ0v) is 15.7. The molecule has 0 amide bonds. The first-order valence-corrected chi connectivity index (χ1v) is 8.19. The van der Waals surface area contributed by atoms with Crippen LogP contribution < -0.4 is 15.4 Å². The summed E-state index contributed by atoms with van der Waals surface area (Å²) in [5.74, 6) is 0.818. The van der Waals surface area contributed by atoms with E-state index in [0.29, 0.717) is 23.9 Å². The molecule has 0 saturated heterocycles. The molecule has 2 aromatic rings. The highest BCUT2D eigenvalue weighted by Crippen LogP contribution is 2.26. The van der Waals surface area contributed by atoms with E-state index >= 15 is 0 Å². The van der Waals surface area contributed by atoms with Crippen LogP contribution in [0, 0.1) is 10.1 Å². The van der Waals surface area contributed by atoms with Gasteiger partial charge in [0, 0.05) is 31.8 Å². The van der Waals surface area contributed by atoms with E-state index in [9.17, 15) is 10.1 Å². The van der Waals surface area contributed by atoms with Crippen molar-refractivity contribution in [2.45, 2.75) is 6.54 Å². The van der Waals surface area contributed by atoms with Crippen LogP contribution in [0.4, 0.5) is 11.4 Å². The number of benzene rings is 2. The van der Waals surface area contributed by atoms with Crippen LogP contribution in [0.2, 0.25) is 5.02 Å². The van der Waals surface area contributed by atoms with Gasteiger partial charge in [-0.15, -0.1) is 12.4 Å². The molecule has 0 unspecified atom stereocenters. The Labute approximate surface area is 163 Å². The van der Waals surface area contributed by atoms with E-state index in [1.165, 1.54) is 12.1 Å². The molecule has 0 heterocycles. The molecule has 0 radical (unpaired) electrons. The van der Waals surface area contributed by atoms with Gasteiger partial charge in [-0.25, -0.2) is 0 Å². The molecule has 140 valence electrons. The smallest absolute Gasteiger partial charge is 0.271 e. The second-order valence-electron chi connectivity index (χ2n) is 5.27. The van der Waals surface area contributed by atoms with Crippen molar-refractivity contribution in [2.24, 2.45) is 0 Å². The Morgan fingerprint density at radius 1 is 1.19 bits per heavy atom. The minimum Gasteiger partial charge on any atom is -0.490 e. The summed E-state index contributed by atoms with van der Waals surface area (Å²) in [6.45, 7) is 6.21. The molecule has 0 fully saturated rings. The molecule has 2 rings (SSSR count). The number of non-ortho nitro benzene ring substituents is 1. The van der Waals surface area contributed by atoms with E-state index in [1.807, 2.05) is 24.3 Å². The zero-order valence-electron chi connectivity index (χ0n) is 14.1. The predicted molar refractivity (Wildman–Crippen MR) is 108 cm³/mol. The van der Waals surface area contributed by atoms with Crippen LogP contribution in [0.15, 0.2) is 55.1 Å². The van der Waals surface area contributed by atoms with Crippen LogP contribution in [0.5, 0.6) is 5.75 Å². The van der Waals surface area contributed by atoms with Crippen molar-refractivity contribution < 1.29 is 9.66 Å². The molecule has 0 aromatic heterocycles. The zero-order chi connectivity index (χ0) is 18.1. The largest absolute Gasteiger partial charge is 0.490 e. The first-order chi connectivity index (χ1) is 12.1. The summed E-state index contributed by atoms with van der Waals surface area (Å²) in [7, 11) is 0. The van der Waals surface area contributed by atoms with E-state index in [-0.39, 0.29) is 18.1 Å². The van der Waals surface area contributed by atoms with Gasteiger partial charge < -0.3 is 15.4 Å².